The van der Waals surface area contributed by atoms with Crippen LogP contribution in [0.4, 0.5) is 24.5 Å². The molecule has 2 heterocycles. The molecule has 0 atom stereocenters. The van der Waals surface area contributed by atoms with E-state index >= 15 is 0 Å². The summed E-state index contributed by atoms with van der Waals surface area (Å²) in [4.78, 5) is 17.6. The van der Waals surface area contributed by atoms with Crippen molar-refractivity contribution in [2.75, 3.05) is 36.5 Å². The highest BCUT2D eigenvalue weighted by molar-refractivity contribution is 7.07. The van der Waals surface area contributed by atoms with Gasteiger partial charge in [-0.05, 0) is 18.2 Å². The maximum Gasteiger partial charge on any atom is 0.418 e. The number of hydrogen-bond acceptors (Lipinski definition) is 5. The average Bonchev–Trinajstić information content (AvgIpc) is 3.09. The van der Waals surface area contributed by atoms with Gasteiger partial charge in [0, 0.05) is 24.2 Å². The second-order valence-corrected chi connectivity index (χ2v) is 5.87. The van der Waals surface area contributed by atoms with Crippen LogP contribution in [0.3, 0.4) is 0 Å². The molecule has 0 saturated carbocycles. The molecular weight excluding hydrogens is 343 g/mol. The minimum Gasteiger partial charge on any atom is -0.378 e. The van der Waals surface area contributed by atoms with E-state index in [1.54, 1.807) is 6.07 Å². The number of amides is 1. The van der Waals surface area contributed by atoms with Crippen molar-refractivity contribution < 1.29 is 22.7 Å². The Morgan fingerprint density at radius 1 is 1.29 bits per heavy atom. The van der Waals surface area contributed by atoms with Crippen LogP contribution in [-0.4, -0.2) is 37.2 Å². The Morgan fingerprint density at radius 2 is 2.04 bits per heavy atom. The summed E-state index contributed by atoms with van der Waals surface area (Å²) < 4.78 is 45.4. The zero-order chi connectivity index (χ0) is 17.2. The predicted octanol–water partition coefficient (Wildman–Crippen LogP) is 3.25. The topological polar surface area (TPSA) is 54.5 Å². The number of thiazole rings is 1. The van der Waals surface area contributed by atoms with Gasteiger partial charge < -0.3 is 15.0 Å². The van der Waals surface area contributed by atoms with Crippen molar-refractivity contribution in [3.05, 3.63) is 40.3 Å². The first-order valence-electron chi connectivity index (χ1n) is 7.18. The van der Waals surface area contributed by atoms with Crippen molar-refractivity contribution in [3.63, 3.8) is 0 Å². The van der Waals surface area contributed by atoms with Crippen LogP contribution < -0.4 is 10.2 Å². The molecule has 1 aliphatic heterocycles. The molecule has 24 heavy (non-hydrogen) atoms. The summed E-state index contributed by atoms with van der Waals surface area (Å²) in [6.07, 6.45) is -4.58. The number of nitrogens with zero attached hydrogens (tertiary/aromatic N) is 2. The maximum atomic E-state index is 13.4. The fourth-order valence-corrected chi connectivity index (χ4v) is 2.94. The highest BCUT2D eigenvalue weighted by Crippen LogP contribution is 2.37. The Labute approximate surface area is 140 Å². The fraction of sp³-hybridized carbons (Fsp3) is 0.333. The van der Waals surface area contributed by atoms with Crippen molar-refractivity contribution >= 4 is 28.6 Å². The third-order valence-electron chi connectivity index (χ3n) is 3.60. The van der Waals surface area contributed by atoms with E-state index in [0.717, 1.165) is 6.07 Å². The van der Waals surface area contributed by atoms with Crippen LogP contribution in [0, 0.1) is 0 Å². The highest BCUT2D eigenvalue weighted by atomic mass is 32.1. The van der Waals surface area contributed by atoms with Crippen LogP contribution in [0.15, 0.2) is 29.1 Å². The normalized spacial score (nSPS) is 15.4. The number of anilines is 2. The van der Waals surface area contributed by atoms with Gasteiger partial charge in [-0.2, -0.15) is 13.2 Å². The Balaban J connectivity index is 1.89. The maximum absolute atomic E-state index is 13.4. The van der Waals surface area contributed by atoms with Crippen LogP contribution in [0.5, 0.6) is 0 Å². The van der Waals surface area contributed by atoms with Crippen molar-refractivity contribution in [3.8, 4) is 0 Å². The summed E-state index contributed by atoms with van der Waals surface area (Å²) in [6.45, 7) is 2.01. The van der Waals surface area contributed by atoms with Gasteiger partial charge in [0.1, 0.15) is 5.69 Å². The highest BCUT2D eigenvalue weighted by Gasteiger charge is 2.35. The quantitative estimate of drug-likeness (QED) is 0.916. The molecule has 1 amide bonds. The Bertz CT molecular complexity index is 713. The molecule has 5 nitrogen and oxygen atoms in total. The van der Waals surface area contributed by atoms with Crippen LogP contribution in [0.1, 0.15) is 16.1 Å². The van der Waals surface area contributed by atoms with Gasteiger partial charge in [-0.3, -0.25) is 4.79 Å². The lowest BCUT2D eigenvalue weighted by Gasteiger charge is -2.29. The number of hydrogen-bond donors (Lipinski definition) is 1. The van der Waals surface area contributed by atoms with Crippen molar-refractivity contribution in [1.82, 2.24) is 4.98 Å². The van der Waals surface area contributed by atoms with Gasteiger partial charge >= 0.3 is 6.18 Å². The third kappa shape index (κ3) is 3.68. The molecule has 1 aliphatic rings. The molecule has 9 heteroatoms. The first kappa shape index (κ1) is 16.7. The largest absolute Gasteiger partial charge is 0.418 e. The lowest BCUT2D eigenvalue weighted by atomic mass is 10.1. The van der Waals surface area contributed by atoms with Gasteiger partial charge in [0.15, 0.2) is 0 Å². The average molecular weight is 357 g/mol. The lowest BCUT2D eigenvalue weighted by molar-refractivity contribution is -0.136. The van der Waals surface area contributed by atoms with Crippen molar-refractivity contribution in [2.45, 2.75) is 6.18 Å². The number of morpholine rings is 1. The van der Waals surface area contributed by atoms with E-state index in [2.05, 4.69) is 10.3 Å². The molecule has 0 aliphatic carbocycles. The molecule has 1 fully saturated rings. The molecule has 0 unspecified atom stereocenters. The summed E-state index contributed by atoms with van der Waals surface area (Å²) >= 11 is 1.20. The van der Waals surface area contributed by atoms with Crippen molar-refractivity contribution in [2.24, 2.45) is 0 Å². The van der Waals surface area contributed by atoms with Crippen LogP contribution in [-0.2, 0) is 10.9 Å². The molecule has 0 spiro atoms. The SMILES string of the molecule is O=C(Nc1ccc(N2CCOCC2)cc1C(F)(F)F)c1cscn1. The molecule has 1 N–H and O–H groups in total. The van der Waals surface area contributed by atoms with Gasteiger partial charge in [0.05, 0.1) is 30.0 Å². The molecule has 128 valence electrons. The molecule has 0 radical (unpaired) electrons. The van der Waals surface area contributed by atoms with E-state index in [9.17, 15) is 18.0 Å². The molecule has 3 rings (SSSR count). The molecule has 2 aromatic rings. The number of carbonyl (C=O) groups excluding carboxylic acids is 1. The summed E-state index contributed by atoms with van der Waals surface area (Å²) in [5.41, 5.74) is 0.830. The summed E-state index contributed by atoms with van der Waals surface area (Å²) in [6, 6.07) is 3.90. The van der Waals surface area contributed by atoms with Gasteiger partial charge in [-0.15, -0.1) is 11.3 Å². The second-order valence-electron chi connectivity index (χ2n) is 5.15. The van der Waals surface area contributed by atoms with E-state index in [4.69, 9.17) is 4.74 Å². The monoisotopic (exact) mass is 357 g/mol. The van der Waals surface area contributed by atoms with Crippen LogP contribution >= 0.6 is 11.3 Å². The molecular formula is C15H14F3N3O2S. The van der Waals surface area contributed by atoms with Gasteiger partial charge in [0.2, 0.25) is 0 Å². The number of benzene rings is 1. The number of rotatable bonds is 3. The Morgan fingerprint density at radius 3 is 2.67 bits per heavy atom. The standard InChI is InChI=1S/C15H14F3N3O2S/c16-15(17,18)11-7-10(21-3-5-23-6-4-21)1-2-12(11)20-14(22)13-8-24-9-19-13/h1-2,7-9H,3-6H2,(H,20,22). The molecule has 1 saturated heterocycles. The van der Waals surface area contributed by atoms with E-state index in [0.29, 0.717) is 32.0 Å². The summed E-state index contributed by atoms with van der Waals surface area (Å²) in [7, 11) is 0. The minimum atomic E-state index is -4.58. The van der Waals surface area contributed by atoms with E-state index in [1.165, 1.54) is 28.3 Å². The first-order valence-corrected chi connectivity index (χ1v) is 8.13. The Kier molecular flexibility index (Phi) is 4.72. The number of carbonyl (C=O) groups is 1. The smallest absolute Gasteiger partial charge is 0.378 e. The van der Waals surface area contributed by atoms with Crippen molar-refractivity contribution in [1.29, 1.82) is 0 Å². The van der Waals surface area contributed by atoms with E-state index < -0.39 is 17.6 Å². The van der Waals surface area contributed by atoms with Gasteiger partial charge in [-0.1, -0.05) is 0 Å². The zero-order valence-corrected chi connectivity index (χ0v) is 13.3. The van der Waals surface area contributed by atoms with Crippen LogP contribution in [0.2, 0.25) is 0 Å². The minimum absolute atomic E-state index is 0.0883. The number of halogens is 3. The molecule has 0 bridgehead atoms. The molecule has 1 aromatic heterocycles. The third-order valence-corrected chi connectivity index (χ3v) is 4.18. The van der Waals surface area contributed by atoms with E-state index in [-0.39, 0.29) is 11.4 Å². The van der Waals surface area contributed by atoms with Crippen LogP contribution in [0.25, 0.3) is 0 Å². The lowest BCUT2D eigenvalue weighted by Crippen LogP contribution is -2.36. The Hall–Kier alpha value is -2.13. The predicted molar refractivity (Wildman–Crippen MR) is 84.5 cm³/mol. The van der Waals surface area contributed by atoms with Gasteiger partial charge in [0.25, 0.3) is 5.91 Å². The summed E-state index contributed by atoms with van der Waals surface area (Å²) in [5, 5.41) is 3.77. The second kappa shape index (κ2) is 6.78. The zero-order valence-electron chi connectivity index (χ0n) is 12.5. The fourth-order valence-electron chi connectivity index (χ4n) is 2.41. The van der Waals surface area contributed by atoms with Gasteiger partial charge in [-0.25, -0.2) is 4.98 Å². The summed E-state index contributed by atoms with van der Waals surface area (Å²) in [5.74, 6) is -0.666. The first-order chi connectivity index (χ1) is 11.4. The van der Waals surface area contributed by atoms with E-state index in [1.807, 2.05) is 4.90 Å². The molecule has 1 aromatic carbocycles. The number of aromatic nitrogens is 1. The number of ether oxygens (including phenoxy) is 1. The number of nitrogens with one attached hydrogen (secondary N) is 1. The number of alkyl halides is 3.